The van der Waals surface area contributed by atoms with Crippen LogP contribution in [0.25, 0.3) is 0 Å². The van der Waals surface area contributed by atoms with E-state index in [0.717, 1.165) is 6.54 Å². The first kappa shape index (κ1) is 10.3. The smallest absolute Gasteiger partial charge is 0.0807 e. The minimum absolute atomic E-state index is 0. The van der Waals surface area contributed by atoms with E-state index in [2.05, 4.69) is 5.32 Å². The van der Waals surface area contributed by atoms with Crippen LogP contribution < -0.4 is 5.32 Å². The van der Waals surface area contributed by atoms with Crippen LogP contribution in [0.2, 0.25) is 0 Å². The second-order valence-electron chi connectivity index (χ2n) is 3.61. The highest BCUT2D eigenvalue weighted by atomic mass is 35.5. The largest absolute Gasteiger partial charge is 0.395 e. The lowest BCUT2D eigenvalue weighted by atomic mass is 9.79. The zero-order chi connectivity index (χ0) is 7.73. The van der Waals surface area contributed by atoms with Gasteiger partial charge in [-0.15, -0.1) is 12.4 Å². The third kappa shape index (κ3) is 1.74. The van der Waals surface area contributed by atoms with Gasteiger partial charge >= 0.3 is 0 Å². The Morgan fingerprint density at radius 1 is 1.50 bits per heavy atom. The number of ether oxygens (including phenoxy) is 1. The highest BCUT2D eigenvalue weighted by molar-refractivity contribution is 5.85. The summed E-state index contributed by atoms with van der Waals surface area (Å²) in [5.41, 5.74) is 0.158. The van der Waals surface area contributed by atoms with Crippen LogP contribution in [0.5, 0.6) is 0 Å². The van der Waals surface area contributed by atoms with Crippen LogP contribution in [-0.2, 0) is 4.74 Å². The molecule has 1 atom stereocenters. The molecule has 2 N–H and O–H groups in total. The van der Waals surface area contributed by atoms with Crippen molar-refractivity contribution in [3.63, 3.8) is 0 Å². The number of hydrogen-bond donors (Lipinski definition) is 2. The Labute approximate surface area is 78.9 Å². The van der Waals surface area contributed by atoms with Gasteiger partial charge in [0, 0.05) is 6.54 Å². The molecule has 1 saturated heterocycles. The molecule has 0 aromatic heterocycles. The minimum atomic E-state index is 0. The molecule has 12 heavy (non-hydrogen) atoms. The number of morpholine rings is 1. The van der Waals surface area contributed by atoms with Crippen molar-refractivity contribution in [2.24, 2.45) is 0 Å². The van der Waals surface area contributed by atoms with E-state index in [1.165, 1.54) is 19.3 Å². The molecule has 1 spiro atoms. The van der Waals surface area contributed by atoms with E-state index in [9.17, 15) is 0 Å². The molecular formula is C8H16ClNO2. The Bertz CT molecular complexity index is 140. The van der Waals surface area contributed by atoms with Crippen LogP contribution >= 0.6 is 12.4 Å². The number of rotatable bonds is 1. The number of aliphatic hydroxyl groups is 1. The molecule has 2 fully saturated rings. The summed E-state index contributed by atoms with van der Waals surface area (Å²) in [5.74, 6) is 0. The summed E-state index contributed by atoms with van der Waals surface area (Å²) in [5, 5.41) is 12.1. The average Bonchev–Trinajstić information content (AvgIpc) is 2.02. The Hall–Kier alpha value is 0.170. The third-order valence-corrected chi connectivity index (χ3v) is 2.79. The lowest BCUT2D eigenvalue weighted by Crippen LogP contribution is -2.58. The van der Waals surface area contributed by atoms with E-state index in [4.69, 9.17) is 9.84 Å². The predicted molar refractivity (Wildman–Crippen MR) is 48.7 cm³/mol. The van der Waals surface area contributed by atoms with E-state index >= 15 is 0 Å². The van der Waals surface area contributed by atoms with Gasteiger partial charge in [0.1, 0.15) is 0 Å². The van der Waals surface area contributed by atoms with Gasteiger partial charge in [-0.25, -0.2) is 0 Å². The first-order valence-corrected chi connectivity index (χ1v) is 4.33. The van der Waals surface area contributed by atoms with Gasteiger partial charge in [0.05, 0.1) is 24.9 Å². The van der Waals surface area contributed by atoms with Crippen molar-refractivity contribution in [2.45, 2.75) is 30.9 Å². The molecule has 0 bridgehead atoms. The molecule has 1 heterocycles. The maximum atomic E-state index is 8.81. The van der Waals surface area contributed by atoms with Crippen molar-refractivity contribution >= 4 is 12.4 Å². The van der Waals surface area contributed by atoms with E-state index in [-0.39, 0.29) is 30.7 Å². The second-order valence-corrected chi connectivity index (χ2v) is 3.61. The molecular weight excluding hydrogens is 178 g/mol. The number of nitrogens with one attached hydrogen (secondary N) is 1. The first-order chi connectivity index (χ1) is 5.35. The standard InChI is InChI=1S/C8H15NO2.ClH/c10-4-7-5-11-8(6-9-7)2-1-3-8;/h7,9-10H,1-6H2;1H. The lowest BCUT2D eigenvalue weighted by Gasteiger charge is -2.46. The molecule has 4 heteroatoms. The maximum absolute atomic E-state index is 8.81. The Balaban J connectivity index is 0.000000720. The fourth-order valence-electron chi connectivity index (χ4n) is 1.73. The van der Waals surface area contributed by atoms with Crippen LogP contribution in [-0.4, -0.2) is 36.5 Å². The zero-order valence-electron chi connectivity index (χ0n) is 7.08. The topological polar surface area (TPSA) is 41.5 Å². The van der Waals surface area contributed by atoms with Crippen LogP contribution in [0.1, 0.15) is 19.3 Å². The first-order valence-electron chi connectivity index (χ1n) is 4.33. The van der Waals surface area contributed by atoms with Gasteiger partial charge in [0.25, 0.3) is 0 Å². The highest BCUT2D eigenvalue weighted by Gasteiger charge is 2.41. The molecule has 0 radical (unpaired) electrons. The minimum Gasteiger partial charge on any atom is -0.395 e. The fourth-order valence-corrected chi connectivity index (χ4v) is 1.73. The van der Waals surface area contributed by atoms with Gasteiger partial charge in [-0.1, -0.05) is 0 Å². The summed E-state index contributed by atoms with van der Waals surface area (Å²) in [7, 11) is 0. The average molecular weight is 194 g/mol. The molecule has 72 valence electrons. The maximum Gasteiger partial charge on any atom is 0.0807 e. The van der Waals surface area contributed by atoms with Gasteiger partial charge in [-0.3, -0.25) is 0 Å². The Morgan fingerprint density at radius 3 is 2.58 bits per heavy atom. The molecule has 1 unspecified atom stereocenters. The van der Waals surface area contributed by atoms with Gasteiger partial charge in [-0.05, 0) is 19.3 Å². The van der Waals surface area contributed by atoms with Gasteiger partial charge < -0.3 is 15.2 Å². The monoisotopic (exact) mass is 193 g/mol. The molecule has 3 nitrogen and oxygen atoms in total. The fraction of sp³-hybridized carbons (Fsp3) is 1.00. The molecule has 1 aliphatic carbocycles. The SMILES string of the molecule is Cl.OCC1COC2(CCC2)CN1. The van der Waals surface area contributed by atoms with Crippen LogP contribution in [0.3, 0.4) is 0 Å². The van der Waals surface area contributed by atoms with Crippen molar-refractivity contribution in [1.29, 1.82) is 0 Å². The van der Waals surface area contributed by atoms with Crippen molar-refractivity contribution in [2.75, 3.05) is 19.8 Å². The van der Waals surface area contributed by atoms with Crippen LogP contribution in [0.15, 0.2) is 0 Å². The second kappa shape index (κ2) is 3.92. The van der Waals surface area contributed by atoms with E-state index in [1.807, 2.05) is 0 Å². The lowest BCUT2D eigenvalue weighted by molar-refractivity contribution is -0.133. The van der Waals surface area contributed by atoms with Gasteiger partial charge in [-0.2, -0.15) is 0 Å². The normalized spacial score (nSPS) is 32.2. The molecule has 1 saturated carbocycles. The molecule has 2 rings (SSSR count). The number of hydrogen-bond acceptors (Lipinski definition) is 3. The molecule has 1 aliphatic heterocycles. The highest BCUT2D eigenvalue weighted by Crippen LogP contribution is 2.36. The Morgan fingerprint density at radius 2 is 2.25 bits per heavy atom. The number of halogens is 1. The summed E-state index contributed by atoms with van der Waals surface area (Å²) in [6.07, 6.45) is 3.68. The van der Waals surface area contributed by atoms with Crippen molar-refractivity contribution in [3.8, 4) is 0 Å². The molecule has 2 aliphatic rings. The van der Waals surface area contributed by atoms with Crippen LogP contribution in [0.4, 0.5) is 0 Å². The van der Waals surface area contributed by atoms with Crippen molar-refractivity contribution in [3.05, 3.63) is 0 Å². The zero-order valence-corrected chi connectivity index (χ0v) is 7.90. The molecule has 0 amide bonds. The van der Waals surface area contributed by atoms with E-state index in [1.54, 1.807) is 0 Å². The summed E-state index contributed by atoms with van der Waals surface area (Å²) >= 11 is 0. The van der Waals surface area contributed by atoms with Gasteiger partial charge in [0.15, 0.2) is 0 Å². The van der Waals surface area contributed by atoms with Crippen molar-refractivity contribution < 1.29 is 9.84 Å². The van der Waals surface area contributed by atoms with E-state index in [0.29, 0.717) is 6.61 Å². The van der Waals surface area contributed by atoms with Crippen LogP contribution in [0, 0.1) is 0 Å². The van der Waals surface area contributed by atoms with Crippen molar-refractivity contribution in [1.82, 2.24) is 5.32 Å². The van der Waals surface area contributed by atoms with Gasteiger partial charge in [0.2, 0.25) is 0 Å². The predicted octanol–water partition coefficient (Wildman–Crippen LogP) is 0.312. The summed E-state index contributed by atoms with van der Waals surface area (Å²) < 4.78 is 5.68. The molecule has 0 aromatic carbocycles. The molecule has 0 aromatic rings. The third-order valence-electron chi connectivity index (χ3n) is 2.79. The quantitative estimate of drug-likeness (QED) is 0.630. The summed E-state index contributed by atoms with van der Waals surface area (Å²) in [6.45, 7) is 1.80. The van der Waals surface area contributed by atoms with E-state index < -0.39 is 0 Å². The summed E-state index contributed by atoms with van der Waals surface area (Å²) in [4.78, 5) is 0. The summed E-state index contributed by atoms with van der Waals surface area (Å²) in [6, 6.07) is 0.168. The number of aliphatic hydroxyl groups excluding tert-OH is 1. The Kier molecular flexibility index (Phi) is 3.35.